The average Bonchev–Trinajstić information content (AvgIpc) is 4.00. The maximum absolute atomic E-state index is 13.2. The minimum absolute atomic E-state index is 0.00492. The van der Waals surface area contributed by atoms with E-state index in [1.807, 2.05) is 18.3 Å². The molecule has 62 heavy (non-hydrogen) atoms. The summed E-state index contributed by atoms with van der Waals surface area (Å²) in [5.41, 5.74) is 4.03. The van der Waals surface area contributed by atoms with Gasteiger partial charge in [0.2, 0.25) is 23.5 Å². The third kappa shape index (κ3) is 10.4. The van der Waals surface area contributed by atoms with Gasteiger partial charge in [0.25, 0.3) is 21.8 Å². The number of rotatable bonds is 19. The minimum atomic E-state index is -4.11. The predicted molar refractivity (Wildman–Crippen MR) is 227 cm³/mol. The van der Waals surface area contributed by atoms with Crippen molar-refractivity contribution in [3.63, 3.8) is 0 Å². The van der Waals surface area contributed by atoms with Gasteiger partial charge >= 0.3 is 5.00 Å². The van der Waals surface area contributed by atoms with Gasteiger partial charge < -0.3 is 20.3 Å². The van der Waals surface area contributed by atoms with Gasteiger partial charge in [0.1, 0.15) is 6.04 Å². The quantitative estimate of drug-likeness (QED) is 0.0296. The standard InChI is InChI=1S/C40H41N11O9S2/c1-60-39-37(47-62(58,59)29-14-10-25(11-15-29)43-34(52)17-12-28-13-19-36(61-28)51(56)57)42-22-26(44-39)7-5-21-49-23-27(46-48-49)6-2-3-20-41-32-9-4-8-30-31(32)24-50(40(30)55)33-16-18-35(53)45-38(33)54/h4,8-15,17,19,22-23,33,41H,2-3,5-7,16,18,20-21,24H2,1H3,(H,42,47)(H,43,52)(H,45,53,54)/b17-12+. The number of unbranched alkanes of at least 4 members (excludes halogenated alkanes) is 1. The molecule has 0 bridgehead atoms. The first kappa shape index (κ1) is 43.0. The maximum atomic E-state index is 13.2. The molecule has 2 aliphatic heterocycles. The van der Waals surface area contributed by atoms with Crippen molar-refractivity contribution in [2.45, 2.75) is 69.0 Å². The predicted octanol–water partition coefficient (Wildman–Crippen LogP) is 4.33. The molecular formula is C40H41N11O9S2. The lowest BCUT2D eigenvalue weighted by atomic mass is 10.0. The van der Waals surface area contributed by atoms with Crippen LogP contribution in [0.3, 0.4) is 0 Å². The Balaban J connectivity index is 0.829. The number of imide groups is 1. The van der Waals surface area contributed by atoms with E-state index in [1.54, 1.807) is 15.6 Å². The lowest BCUT2D eigenvalue weighted by molar-refractivity contribution is -0.380. The number of hydrogen-bond acceptors (Lipinski definition) is 15. The van der Waals surface area contributed by atoms with E-state index in [1.165, 1.54) is 61.9 Å². The zero-order valence-corrected chi connectivity index (χ0v) is 34.9. The second-order valence-corrected chi connectivity index (χ2v) is 17.1. The highest BCUT2D eigenvalue weighted by Gasteiger charge is 2.39. The topological polar surface area (TPSA) is 263 Å². The molecule has 0 aliphatic carbocycles. The van der Waals surface area contributed by atoms with Crippen molar-refractivity contribution in [1.82, 2.24) is 35.2 Å². The van der Waals surface area contributed by atoms with Crippen molar-refractivity contribution in [2.75, 3.05) is 29.0 Å². The van der Waals surface area contributed by atoms with Crippen LogP contribution in [-0.2, 0) is 50.3 Å². The first-order chi connectivity index (χ1) is 29.9. The summed E-state index contributed by atoms with van der Waals surface area (Å²) >= 11 is 0.927. The average molecular weight is 884 g/mol. The normalized spacial score (nSPS) is 15.1. The number of nitro groups is 1. The first-order valence-electron chi connectivity index (χ1n) is 19.5. The van der Waals surface area contributed by atoms with Gasteiger partial charge in [-0.25, -0.2) is 18.4 Å². The zero-order valence-electron chi connectivity index (χ0n) is 33.3. The van der Waals surface area contributed by atoms with Gasteiger partial charge in [0.15, 0.2) is 0 Å². The molecule has 22 heteroatoms. The number of anilines is 3. The van der Waals surface area contributed by atoms with E-state index in [2.05, 4.69) is 41.0 Å². The number of aromatic nitrogens is 5. The number of benzene rings is 2. The fraction of sp³-hybridized carbons (Fsp3) is 0.300. The maximum Gasteiger partial charge on any atom is 0.324 e. The Morgan fingerprint density at radius 3 is 2.63 bits per heavy atom. The second kappa shape index (κ2) is 19.1. The van der Waals surface area contributed by atoms with Crippen LogP contribution in [0.4, 0.5) is 22.2 Å². The summed E-state index contributed by atoms with van der Waals surface area (Å²) in [7, 11) is -2.75. The SMILES string of the molecule is COc1nc(CCCn2cc(CCCCNc3cccc4c3CN(C3CCC(=O)NC3=O)C4=O)nn2)cnc1NS(=O)(=O)c1ccc(NC(=O)/C=C/c2ccc([N+](=O)[O-])s2)cc1. The van der Waals surface area contributed by atoms with Crippen LogP contribution in [-0.4, -0.2) is 86.5 Å². The third-order valence-corrected chi connectivity index (χ3v) is 12.4. The van der Waals surface area contributed by atoms with E-state index in [9.17, 15) is 37.7 Å². The Labute approximate surface area is 359 Å². The summed E-state index contributed by atoms with van der Waals surface area (Å²) < 4.78 is 35.9. The van der Waals surface area contributed by atoms with Crippen LogP contribution in [0.15, 0.2) is 78.0 Å². The molecule has 2 aliphatic rings. The van der Waals surface area contributed by atoms with Gasteiger partial charge in [-0.15, -0.1) is 5.10 Å². The number of carbonyl (C=O) groups excluding carboxylic acids is 4. The zero-order chi connectivity index (χ0) is 43.8. The van der Waals surface area contributed by atoms with Gasteiger partial charge in [-0.05, 0) is 87.1 Å². The molecule has 0 spiro atoms. The van der Waals surface area contributed by atoms with Crippen molar-refractivity contribution < 1.29 is 37.3 Å². The van der Waals surface area contributed by atoms with Crippen LogP contribution >= 0.6 is 11.3 Å². The monoisotopic (exact) mass is 883 g/mol. The number of thiophene rings is 1. The number of amides is 4. The van der Waals surface area contributed by atoms with Crippen LogP contribution < -0.4 is 25.4 Å². The molecule has 1 unspecified atom stereocenters. The molecule has 1 saturated heterocycles. The molecule has 5 heterocycles. The molecule has 322 valence electrons. The summed E-state index contributed by atoms with van der Waals surface area (Å²) in [6, 6.07) is 13.2. The van der Waals surface area contributed by atoms with Crippen LogP contribution in [0.2, 0.25) is 0 Å². The summed E-state index contributed by atoms with van der Waals surface area (Å²) in [5.74, 6) is -1.56. The van der Waals surface area contributed by atoms with Crippen molar-refractivity contribution in [1.29, 1.82) is 0 Å². The molecular weight excluding hydrogens is 843 g/mol. The highest BCUT2D eigenvalue weighted by Crippen LogP contribution is 2.32. The molecule has 5 aromatic rings. The molecule has 20 nitrogen and oxygen atoms in total. The number of aryl methyl sites for hydroxylation is 3. The number of ether oxygens (including phenoxy) is 1. The number of nitrogens with one attached hydrogen (secondary N) is 4. The molecule has 2 aromatic carbocycles. The number of sulfonamides is 1. The summed E-state index contributed by atoms with van der Waals surface area (Å²) in [6.07, 6.45) is 10.1. The smallest absolute Gasteiger partial charge is 0.324 e. The van der Waals surface area contributed by atoms with Crippen molar-refractivity contribution in [3.8, 4) is 5.88 Å². The summed E-state index contributed by atoms with van der Waals surface area (Å²) in [5, 5.41) is 27.7. The van der Waals surface area contributed by atoms with Crippen LogP contribution in [0.1, 0.15) is 64.3 Å². The minimum Gasteiger partial charge on any atom is -0.478 e. The summed E-state index contributed by atoms with van der Waals surface area (Å²) in [4.78, 5) is 70.5. The molecule has 4 amide bonds. The highest BCUT2D eigenvalue weighted by molar-refractivity contribution is 7.92. The Hall–Kier alpha value is -7.07. The number of carbonyl (C=O) groups is 4. The second-order valence-electron chi connectivity index (χ2n) is 14.3. The molecule has 4 N–H and O–H groups in total. The van der Waals surface area contributed by atoms with E-state index in [0.717, 1.165) is 47.5 Å². The molecule has 3 aromatic heterocycles. The van der Waals surface area contributed by atoms with Gasteiger partial charge in [0, 0.05) is 71.8 Å². The van der Waals surface area contributed by atoms with Crippen molar-refractivity contribution in [2.24, 2.45) is 0 Å². The number of fused-ring (bicyclic) bond motifs is 1. The first-order valence-corrected chi connectivity index (χ1v) is 21.8. The Bertz CT molecular complexity index is 2650. The van der Waals surface area contributed by atoms with Crippen LogP contribution in [0.5, 0.6) is 5.88 Å². The highest BCUT2D eigenvalue weighted by atomic mass is 32.2. The fourth-order valence-corrected chi connectivity index (χ4v) is 8.64. The van der Waals surface area contributed by atoms with Gasteiger partial charge in [-0.1, -0.05) is 22.6 Å². The number of methoxy groups -OCH3 is 1. The third-order valence-electron chi connectivity index (χ3n) is 10.0. The van der Waals surface area contributed by atoms with E-state index in [-0.39, 0.29) is 39.8 Å². The fourth-order valence-electron chi connectivity index (χ4n) is 6.90. The Morgan fingerprint density at radius 2 is 1.87 bits per heavy atom. The largest absolute Gasteiger partial charge is 0.478 e. The Morgan fingerprint density at radius 1 is 1.06 bits per heavy atom. The van der Waals surface area contributed by atoms with Crippen LogP contribution in [0.25, 0.3) is 6.08 Å². The van der Waals surface area contributed by atoms with E-state index in [0.29, 0.717) is 60.7 Å². The van der Waals surface area contributed by atoms with Gasteiger partial charge in [0.05, 0.1) is 34.5 Å². The van der Waals surface area contributed by atoms with Crippen LogP contribution in [0, 0.1) is 10.1 Å². The Kier molecular flexibility index (Phi) is 13.3. The lowest BCUT2D eigenvalue weighted by Crippen LogP contribution is -2.52. The lowest BCUT2D eigenvalue weighted by Gasteiger charge is -2.29. The number of piperidine rings is 1. The van der Waals surface area contributed by atoms with E-state index in [4.69, 9.17) is 4.74 Å². The molecule has 1 fully saturated rings. The number of nitrogens with zero attached hydrogens (tertiary/aromatic N) is 7. The van der Waals surface area contributed by atoms with E-state index >= 15 is 0 Å². The number of hydrogen-bond donors (Lipinski definition) is 4. The van der Waals surface area contributed by atoms with Gasteiger partial charge in [-0.2, -0.15) is 0 Å². The molecule has 0 saturated carbocycles. The van der Waals surface area contributed by atoms with E-state index < -0.39 is 32.8 Å². The van der Waals surface area contributed by atoms with Gasteiger partial charge in [-0.3, -0.25) is 44.0 Å². The molecule has 0 radical (unpaired) electrons. The molecule has 1 atom stereocenters. The van der Waals surface area contributed by atoms with Crippen molar-refractivity contribution >= 4 is 73.3 Å². The summed E-state index contributed by atoms with van der Waals surface area (Å²) in [6.45, 7) is 1.54. The van der Waals surface area contributed by atoms with Crippen molar-refractivity contribution in [3.05, 3.63) is 111 Å². The molecule has 7 rings (SSSR count).